The Bertz CT molecular complexity index is 770. The summed E-state index contributed by atoms with van der Waals surface area (Å²) >= 11 is 3.36. The lowest BCUT2D eigenvalue weighted by Crippen LogP contribution is -2.19. The van der Waals surface area contributed by atoms with Crippen LogP contribution in [0.15, 0.2) is 40.9 Å². The van der Waals surface area contributed by atoms with Crippen molar-refractivity contribution in [2.24, 2.45) is 0 Å². The summed E-state index contributed by atoms with van der Waals surface area (Å²) in [6.07, 6.45) is -0.458. The van der Waals surface area contributed by atoms with E-state index in [-0.39, 0.29) is 17.7 Å². The number of halogens is 3. The SMILES string of the molecule is C[C@@H]1O[C@H]1C(=O)Nc1ccc(Nc2ccc(F)cc2F)c(Br)c1. The van der Waals surface area contributed by atoms with Gasteiger partial charge >= 0.3 is 0 Å². The summed E-state index contributed by atoms with van der Waals surface area (Å²) < 4.78 is 32.3. The van der Waals surface area contributed by atoms with Crippen LogP contribution in [0.3, 0.4) is 0 Å². The Hall–Kier alpha value is -1.99. The number of rotatable bonds is 4. The predicted octanol–water partition coefficient (Wildman–Crippen LogP) is 4.20. The molecule has 4 nitrogen and oxygen atoms in total. The summed E-state index contributed by atoms with van der Waals surface area (Å²) in [5, 5.41) is 5.60. The van der Waals surface area contributed by atoms with Gasteiger partial charge in [0.2, 0.25) is 0 Å². The number of carbonyl (C=O) groups excluding carboxylic acids is 1. The van der Waals surface area contributed by atoms with Gasteiger partial charge in [-0.3, -0.25) is 4.79 Å². The fourth-order valence-electron chi connectivity index (χ4n) is 2.10. The number of amides is 1. The molecule has 2 aromatic rings. The van der Waals surface area contributed by atoms with E-state index >= 15 is 0 Å². The summed E-state index contributed by atoms with van der Waals surface area (Å²) in [5.41, 5.74) is 1.34. The molecule has 1 heterocycles. The van der Waals surface area contributed by atoms with Gasteiger partial charge in [-0.2, -0.15) is 0 Å². The number of nitrogens with one attached hydrogen (secondary N) is 2. The number of anilines is 3. The topological polar surface area (TPSA) is 53.7 Å². The predicted molar refractivity (Wildman–Crippen MR) is 86.7 cm³/mol. The summed E-state index contributed by atoms with van der Waals surface area (Å²) in [6.45, 7) is 1.82. The number of hydrogen-bond donors (Lipinski definition) is 2. The molecule has 120 valence electrons. The normalized spacial score (nSPS) is 19.3. The lowest BCUT2D eigenvalue weighted by Gasteiger charge is -2.11. The largest absolute Gasteiger partial charge is 0.359 e. The van der Waals surface area contributed by atoms with Gasteiger partial charge in [-0.25, -0.2) is 8.78 Å². The van der Waals surface area contributed by atoms with Crippen LogP contribution in [-0.2, 0) is 9.53 Å². The molecule has 2 N–H and O–H groups in total. The number of benzene rings is 2. The van der Waals surface area contributed by atoms with Gasteiger partial charge in [-0.05, 0) is 53.2 Å². The van der Waals surface area contributed by atoms with E-state index in [1.165, 1.54) is 12.1 Å². The van der Waals surface area contributed by atoms with Gasteiger partial charge in [-0.15, -0.1) is 0 Å². The Balaban J connectivity index is 1.72. The van der Waals surface area contributed by atoms with Crippen LogP contribution in [0.1, 0.15) is 6.92 Å². The van der Waals surface area contributed by atoms with Crippen LogP contribution >= 0.6 is 15.9 Å². The molecular formula is C16H13BrF2N2O2. The number of carbonyl (C=O) groups is 1. The van der Waals surface area contributed by atoms with Gasteiger partial charge in [0.05, 0.1) is 17.5 Å². The third kappa shape index (κ3) is 3.68. The highest BCUT2D eigenvalue weighted by Gasteiger charge is 2.41. The van der Waals surface area contributed by atoms with Crippen molar-refractivity contribution in [3.05, 3.63) is 52.5 Å². The Kier molecular flexibility index (Phi) is 4.32. The molecule has 1 fully saturated rings. The monoisotopic (exact) mass is 382 g/mol. The average molecular weight is 383 g/mol. The van der Waals surface area contributed by atoms with Gasteiger partial charge in [0.25, 0.3) is 5.91 Å². The Morgan fingerprint density at radius 3 is 2.48 bits per heavy atom. The average Bonchev–Trinajstić information content (AvgIpc) is 3.21. The molecule has 2 aromatic carbocycles. The van der Waals surface area contributed by atoms with E-state index in [1.54, 1.807) is 18.2 Å². The zero-order chi connectivity index (χ0) is 16.6. The molecule has 3 rings (SSSR count). The summed E-state index contributed by atoms with van der Waals surface area (Å²) in [6, 6.07) is 8.35. The van der Waals surface area contributed by atoms with Crippen molar-refractivity contribution >= 4 is 38.9 Å². The zero-order valence-corrected chi connectivity index (χ0v) is 13.7. The summed E-state index contributed by atoms with van der Waals surface area (Å²) in [4.78, 5) is 11.8. The summed E-state index contributed by atoms with van der Waals surface area (Å²) in [7, 11) is 0. The maximum Gasteiger partial charge on any atom is 0.256 e. The first kappa shape index (κ1) is 15.9. The first-order valence-electron chi connectivity index (χ1n) is 6.92. The van der Waals surface area contributed by atoms with Crippen LogP contribution in [0.2, 0.25) is 0 Å². The molecule has 23 heavy (non-hydrogen) atoms. The van der Waals surface area contributed by atoms with Gasteiger partial charge in [-0.1, -0.05) is 0 Å². The third-order valence-electron chi connectivity index (χ3n) is 3.41. The Morgan fingerprint density at radius 2 is 1.87 bits per heavy atom. The Morgan fingerprint density at radius 1 is 1.17 bits per heavy atom. The van der Waals surface area contributed by atoms with E-state index in [1.807, 2.05) is 6.92 Å². The molecule has 0 unspecified atom stereocenters. The van der Waals surface area contributed by atoms with Gasteiger partial charge in [0, 0.05) is 16.2 Å². The van der Waals surface area contributed by atoms with Crippen molar-refractivity contribution in [3.8, 4) is 0 Å². The van der Waals surface area contributed by atoms with Crippen molar-refractivity contribution in [1.82, 2.24) is 0 Å². The standard InChI is InChI=1S/C16H13BrF2N2O2/c1-8-15(23-8)16(22)20-10-3-5-13(11(17)7-10)21-14-4-2-9(18)6-12(14)19/h2-8,15,21H,1H3,(H,20,22)/t8-,15+/m0/s1. The van der Waals surface area contributed by atoms with Crippen molar-refractivity contribution in [3.63, 3.8) is 0 Å². The molecule has 0 saturated carbocycles. The zero-order valence-electron chi connectivity index (χ0n) is 12.1. The molecule has 7 heteroatoms. The van der Waals surface area contributed by atoms with Crippen molar-refractivity contribution < 1.29 is 18.3 Å². The minimum absolute atomic E-state index is 0.0548. The lowest BCUT2D eigenvalue weighted by atomic mass is 10.2. The Labute approximate surface area is 140 Å². The van der Waals surface area contributed by atoms with Crippen molar-refractivity contribution in [1.29, 1.82) is 0 Å². The van der Waals surface area contributed by atoms with Crippen LogP contribution in [-0.4, -0.2) is 18.1 Å². The fraction of sp³-hybridized carbons (Fsp3) is 0.188. The number of hydrogen-bond acceptors (Lipinski definition) is 3. The fourth-order valence-corrected chi connectivity index (χ4v) is 2.58. The van der Waals surface area contributed by atoms with E-state index < -0.39 is 17.7 Å². The number of ether oxygens (including phenoxy) is 1. The molecule has 0 spiro atoms. The molecule has 1 aliphatic rings. The molecule has 0 radical (unpaired) electrons. The van der Waals surface area contributed by atoms with E-state index in [4.69, 9.17) is 4.74 Å². The van der Waals surface area contributed by atoms with E-state index in [0.29, 0.717) is 15.8 Å². The van der Waals surface area contributed by atoms with Crippen LogP contribution in [0, 0.1) is 11.6 Å². The highest BCUT2D eigenvalue weighted by atomic mass is 79.9. The second-order valence-electron chi connectivity index (χ2n) is 5.19. The first-order chi connectivity index (χ1) is 10.9. The minimum atomic E-state index is -0.686. The van der Waals surface area contributed by atoms with Gasteiger partial charge in [0.15, 0.2) is 6.10 Å². The molecule has 1 amide bonds. The van der Waals surface area contributed by atoms with E-state index in [0.717, 1.165) is 6.07 Å². The smallest absolute Gasteiger partial charge is 0.256 e. The molecule has 1 saturated heterocycles. The minimum Gasteiger partial charge on any atom is -0.359 e. The third-order valence-corrected chi connectivity index (χ3v) is 4.06. The number of epoxide rings is 1. The van der Waals surface area contributed by atoms with Crippen LogP contribution in [0.5, 0.6) is 0 Å². The second kappa shape index (κ2) is 6.25. The highest BCUT2D eigenvalue weighted by molar-refractivity contribution is 9.10. The van der Waals surface area contributed by atoms with Gasteiger partial charge < -0.3 is 15.4 Å². The first-order valence-corrected chi connectivity index (χ1v) is 7.71. The van der Waals surface area contributed by atoms with Crippen molar-refractivity contribution in [2.75, 3.05) is 10.6 Å². The molecule has 0 aromatic heterocycles. The van der Waals surface area contributed by atoms with Crippen LogP contribution in [0.25, 0.3) is 0 Å². The molecule has 1 aliphatic heterocycles. The molecule has 0 bridgehead atoms. The van der Waals surface area contributed by atoms with E-state index in [9.17, 15) is 13.6 Å². The maximum atomic E-state index is 13.7. The molecular weight excluding hydrogens is 370 g/mol. The van der Waals surface area contributed by atoms with Crippen molar-refractivity contribution in [2.45, 2.75) is 19.1 Å². The quantitative estimate of drug-likeness (QED) is 0.779. The van der Waals surface area contributed by atoms with Crippen LogP contribution < -0.4 is 10.6 Å². The second-order valence-corrected chi connectivity index (χ2v) is 6.05. The molecule has 0 aliphatic carbocycles. The summed E-state index contributed by atoms with van der Waals surface area (Å²) in [5.74, 6) is -1.52. The van der Waals surface area contributed by atoms with E-state index in [2.05, 4.69) is 26.6 Å². The lowest BCUT2D eigenvalue weighted by molar-refractivity contribution is -0.117. The van der Waals surface area contributed by atoms with Crippen LogP contribution in [0.4, 0.5) is 25.8 Å². The highest BCUT2D eigenvalue weighted by Crippen LogP contribution is 2.30. The van der Waals surface area contributed by atoms with Gasteiger partial charge in [0.1, 0.15) is 11.6 Å². The maximum absolute atomic E-state index is 13.7. The molecule has 2 atom stereocenters.